The van der Waals surface area contributed by atoms with E-state index in [9.17, 15) is 30.4 Å². The summed E-state index contributed by atoms with van der Waals surface area (Å²) in [4.78, 5) is 0. The standard InChI is InChI=1S/C12H17F5O6S/c1-3-20-8-11(13,14)24(18,19)23-9(12(15,16)17)7-10(2)21-5-4-6-22-10/h3,9H,1,4-8H2,2H3. The number of hydrogen-bond donors (Lipinski definition) is 0. The molecule has 1 aliphatic heterocycles. The maximum Gasteiger partial charge on any atom is 0.416 e. The van der Waals surface area contributed by atoms with E-state index in [0.29, 0.717) is 12.7 Å². The normalized spacial score (nSPS) is 20.4. The second kappa shape index (κ2) is 7.50. The lowest BCUT2D eigenvalue weighted by atomic mass is 10.1. The summed E-state index contributed by atoms with van der Waals surface area (Å²) in [6.45, 7) is 2.50. The van der Waals surface area contributed by atoms with E-state index in [-0.39, 0.29) is 13.2 Å². The number of rotatable bonds is 8. The van der Waals surface area contributed by atoms with Crippen LogP contribution in [0, 0.1) is 0 Å². The lowest BCUT2D eigenvalue weighted by Gasteiger charge is -2.36. The quantitative estimate of drug-likeness (QED) is 0.364. The molecule has 0 N–H and O–H groups in total. The molecule has 142 valence electrons. The highest BCUT2D eigenvalue weighted by Crippen LogP contribution is 2.36. The van der Waals surface area contributed by atoms with E-state index in [1.54, 1.807) is 0 Å². The molecule has 24 heavy (non-hydrogen) atoms. The zero-order chi connectivity index (χ0) is 18.6. The molecule has 0 bridgehead atoms. The molecule has 12 heteroatoms. The van der Waals surface area contributed by atoms with Gasteiger partial charge in [-0.25, -0.2) is 0 Å². The van der Waals surface area contributed by atoms with E-state index in [1.165, 1.54) is 0 Å². The first-order valence-electron chi connectivity index (χ1n) is 6.71. The average Bonchev–Trinajstić information content (AvgIpc) is 2.43. The first kappa shape index (κ1) is 21.1. The Bertz CT molecular complexity index is 527. The maximum absolute atomic E-state index is 13.5. The van der Waals surface area contributed by atoms with Gasteiger partial charge in [0.2, 0.25) is 0 Å². The summed E-state index contributed by atoms with van der Waals surface area (Å²) in [5.41, 5.74) is 0. The van der Waals surface area contributed by atoms with Crippen LogP contribution < -0.4 is 0 Å². The van der Waals surface area contributed by atoms with Crippen molar-refractivity contribution >= 4 is 10.1 Å². The van der Waals surface area contributed by atoms with E-state index < -0.39 is 46.5 Å². The van der Waals surface area contributed by atoms with Gasteiger partial charge in [-0.05, 0) is 13.3 Å². The van der Waals surface area contributed by atoms with Crippen molar-refractivity contribution in [1.82, 2.24) is 0 Å². The second-order valence-corrected chi connectivity index (χ2v) is 6.78. The Morgan fingerprint density at radius 1 is 1.25 bits per heavy atom. The van der Waals surface area contributed by atoms with Gasteiger partial charge >= 0.3 is 21.5 Å². The van der Waals surface area contributed by atoms with Gasteiger partial charge in [-0.1, -0.05) is 6.58 Å². The predicted octanol–water partition coefficient (Wildman–Crippen LogP) is 2.56. The number of hydrogen-bond acceptors (Lipinski definition) is 6. The van der Waals surface area contributed by atoms with Gasteiger partial charge in [-0.3, -0.25) is 4.18 Å². The molecule has 1 rings (SSSR count). The Hall–Kier alpha value is -0.980. The monoisotopic (exact) mass is 384 g/mol. The average molecular weight is 384 g/mol. The summed E-state index contributed by atoms with van der Waals surface area (Å²) in [5, 5.41) is -4.69. The molecule has 1 aliphatic rings. The zero-order valence-corrected chi connectivity index (χ0v) is 13.5. The van der Waals surface area contributed by atoms with Gasteiger partial charge in [0, 0.05) is 6.42 Å². The Morgan fingerprint density at radius 2 is 1.79 bits per heavy atom. The van der Waals surface area contributed by atoms with Crippen molar-refractivity contribution in [3.8, 4) is 0 Å². The van der Waals surface area contributed by atoms with Crippen LogP contribution in [-0.4, -0.2) is 51.6 Å². The summed E-state index contributed by atoms with van der Waals surface area (Å²) < 4.78 is 107. The van der Waals surface area contributed by atoms with Crippen molar-refractivity contribution in [3.63, 3.8) is 0 Å². The van der Waals surface area contributed by atoms with Crippen molar-refractivity contribution in [2.45, 2.75) is 43.1 Å². The summed E-state index contributed by atoms with van der Waals surface area (Å²) in [6, 6.07) is 0. The van der Waals surface area contributed by atoms with Gasteiger partial charge in [0.05, 0.1) is 19.5 Å². The molecule has 1 atom stereocenters. The van der Waals surface area contributed by atoms with E-state index in [2.05, 4.69) is 15.5 Å². The van der Waals surface area contributed by atoms with Crippen LogP contribution in [0.15, 0.2) is 12.8 Å². The van der Waals surface area contributed by atoms with Gasteiger partial charge in [-0.2, -0.15) is 30.4 Å². The van der Waals surface area contributed by atoms with Gasteiger partial charge in [0.15, 0.2) is 18.5 Å². The first-order chi connectivity index (χ1) is 10.8. The van der Waals surface area contributed by atoms with E-state index in [0.717, 1.165) is 6.92 Å². The van der Waals surface area contributed by atoms with E-state index in [1.807, 2.05) is 0 Å². The fourth-order valence-electron chi connectivity index (χ4n) is 1.79. The van der Waals surface area contributed by atoms with Crippen molar-refractivity contribution in [2.24, 2.45) is 0 Å². The minimum absolute atomic E-state index is 0.0805. The third-order valence-corrected chi connectivity index (χ3v) is 4.34. The van der Waals surface area contributed by atoms with Crippen molar-refractivity contribution in [2.75, 3.05) is 19.8 Å². The minimum Gasteiger partial charge on any atom is -0.494 e. The molecular formula is C12H17F5O6S. The number of halogens is 5. The van der Waals surface area contributed by atoms with Crippen LogP contribution in [0.2, 0.25) is 0 Å². The van der Waals surface area contributed by atoms with Crippen LogP contribution in [0.1, 0.15) is 19.8 Å². The lowest BCUT2D eigenvalue weighted by molar-refractivity contribution is -0.288. The fourth-order valence-corrected chi connectivity index (χ4v) is 2.62. The first-order valence-corrected chi connectivity index (χ1v) is 8.12. The molecule has 1 unspecified atom stereocenters. The van der Waals surface area contributed by atoms with Gasteiger partial charge < -0.3 is 14.2 Å². The van der Waals surface area contributed by atoms with Crippen LogP contribution in [-0.2, 0) is 28.5 Å². The Balaban J connectivity index is 2.95. The molecule has 0 aromatic carbocycles. The molecule has 0 aromatic heterocycles. The second-order valence-electron chi connectivity index (χ2n) is 5.08. The molecule has 0 amide bonds. The molecule has 0 radical (unpaired) electrons. The van der Waals surface area contributed by atoms with Gasteiger partial charge in [0.25, 0.3) is 0 Å². The molecule has 1 fully saturated rings. The molecule has 0 saturated carbocycles. The number of ether oxygens (including phenoxy) is 3. The third-order valence-electron chi connectivity index (χ3n) is 3.00. The van der Waals surface area contributed by atoms with E-state index >= 15 is 0 Å². The van der Waals surface area contributed by atoms with E-state index in [4.69, 9.17) is 9.47 Å². The van der Waals surface area contributed by atoms with Crippen LogP contribution in [0.3, 0.4) is 0 Å². The Morgan fingerprint density at radius 3 is 2.25 bits per heavy atom. The van der Waals surface area contributed by atoms with Crippen LogP contribution in [0.4, 0.5) is 22.0 Å². The smallest absolute Gasteiger partial charge is 0.416 e. The SMILES string of the molecule is C=COCC(F)(F)S(=O)(=O)OC(CC1(C)OCCCO1)C(F)(F)F. The molecule has 0 aliphatic carbocycles. The maximum atomic E-state index is 13.5. The highest BCUT2D eigenvalue weighted by Gasteiger charge is 2.55. The fraction of sp³-hybridized carbons (Fsp3) is 0.833. The Kier molecular flexibility index (Phi) is 6.58. The topological polar surface area (TPSA) is 71.1 Å². The summed E-state index contributed by atoms with van der Waals surface area (Å²) in [6.07, 6.45) is -8.48. The minimum atomic E-state index is -5.93. The van der Waals surface area contributed by atoms with Gasteiger partial charge in [0.1, 0.15) is 0 Å². The van der Waals surface area contributed by atoms with Crippen molar-refractivity contribution in [1.29, 1.82) is 0 Å². The van der Waals surface area contributed by atoms with Crippen LogP contribution in [0.25, 0.3) is 0 Å². The van der Waals surface area contributed by atoms with Crippen LogP contribution >= 0.6 is 0 Å². The molecule has 0 aromatic rings. The molecular weight excluding hydrogens is 367 g/mol. The zero-order valence-electron chi connectivity index (χ0n) is 12.6. The van der Waals surface area contributed by atoms with Crippen molar-refractivity contribution < 1.29 is 48.8 Å². The summed E-state index contributed by atoms with van der Waals surface area (Å²) in [7, 11) is -5.93. The summed E-state index contributed by atoms with van der Waals surface area (Å²) in [5.74, 6) is -1.80. The van der Waals surface area contributed by atoms with Crippen molar-refractivity contribution in [3.05, 3.63) is 12.8 Å². The molecule has 6 nitrogen and oxygen atoms in total. The summed E-state index contributed by atoms with van der Waals surface area (Å²) >= 11 is 0. The highest BCUT2D eigenvalue weighted by atomic mass is 32.2. The molecule has 0 spiro atoms. The third kappa shape index (κ3) is 5.53. The largest absolute Gasteiger partial charge is 0.494 e. The Labute approximate surface area is 135 Å². The highest BCUT2D eigenvalue weighted by molar-refractivity contribution is 7.87. The number of alkyl halides is 5. The molecule has 1 heterocycles. The molecule has 1 saturated heterocycles. The van der Waals surface area contributed by atoms with Crippen LogP contribution in [0.5, 0.6) is 0 Å². The predicted molar refractivity (Wildman–Crippen MR) is 70.5 cm³/mol. The van der Waals surface area contributed by atoms with Gasteiger partial charge in [-0.15, -0.1) is 0 Å². The lowest BCUT2D eigenvalue weighted by Crippen LogP contribution is -2.48.